The molecule has 0 saturated heterocycles. The van der Waals surface area contributed by atoms with Gasteiger partial charge in [0.05, 0.1) is 0 Å². The normalized spacial score (nSPS) is 12.1. The topological polar surface area (TPSA) is 0 Å². The predicted molar refractivity (Wildman–Crippen MR) is 134 cm³/mol. The van der Waals surface area contributed by atoms with Crippen molar-refractivity contribution in [3.8, 4) is 0 Å². The first kappa shape index (κ1) is 22.2. The Bertz CT molecular complexity index is 1320. The monoisotopic (exact) mass is 486 g/mol. The van der Waals surface area contributed by atoms with Gasteiger partial charge in [-0.05, 0) is 6.42 Å². The van der Waals surface area contributed by atoms with Crippen LogP contribution in [0, 0.1) is 6.42 Å². The van der Waals surface area contributed by atoms with E-state index in [-0.39, 0.29) is 26.2 Å². The Morgan fingerprint density at radius 1 is 0.625 bits per heavy atom. The van der Waals surface area contributed by atoms with Crippen molar-refractivity contribution < 1.29 is 26.2 Å². The van der Waals surface area contributed by atoms with Crippen LogP contribution in [0.5, 0.6) is 0 Å². The maximum Gasteiger partial charge on any atom is 2.00 e. The Morgan fingerprint density at radius 2 is 1.25 bits per heavy atom. The molecule has 0 fully saturated rings. The molecule has 5 aromatic carbocycles. The van der Waals surface area contributed by atoms with Crippen LogP contribution < -0.4 is 0 Å². The average Bonchev–Trinajstić information content (AvgIpc) is 3.49. The molecule has 0 atom stereocenters. The summed E-state index contributed by atoms with van der Waals surface area (Å²) in [6, 6.07) is 38.3. The van der Waals surface area contributed by atoms with E-state index in [9.17, 15) is 0 Å². The molecular formula is C31H24Zr. The number of allylic oxidation sites excluding steroid dienone is 4. The Kier molecular flexibility index (Phi) is 7.30. The van der Waals surface area contributed by atoms with Gasteiger partial charge in [0.2, 0.25) is 0 Å². The van der Waals surface area contributed by atoms with Crippen LogP contribution in [0.3, 0.4) is 0 Å². The van der Waals surface area contributed by atoms with Crippen molar-refractivity contribution >= 4 is 27.1 Å². The molecule has 0 aliphatic heterocycles. The van der Waals surface area contributed by atoms with E-state index in [1.165, 1.54) is 43.8 Å². The zero-order valence-corrected chi connectivity index (χ0v) is 20.4. The average molecular weight is 488 g/mol. The molecule has 0 N–H and O–H groups in total. The first-order chi connectivity index (χ1) is 15.4. The van der Waals surface area contributed by atoms with Gasteiger partial charge in [0.1, 0.15) is 0 Å². The third-order valence-corrected chi connectivity index (χ3v) is 5.71. The van der Waals surface area contributed by atoms with Gasteiger partial charge < -0.3 is 0 Å². The van der Waals surface area contributed by atoms with Crippen LogP contribution >= 0.6 is 0 Å². The summed E-state index contributed by atoms with van der Waals surface area (Å²) in [5.41, 5.74) is 5.30. The molecule has 0 radical (unpaired) electrons. The van der Waals surface area contributed by atoms with Gasteiger partial charge in [0, 0.05) is 0 Å². The quantitative estimate of drug-likeness (QED) is 0.224. The second-order valence-electron chi connectivity index (χ2n) is 7.79. The van der Waals surface area contributed by atoms with E-state index in [1.54, 1.807) is 0 Å². The first-order valence-corrected chi connectivity index (χ1v) is 10.8. The number of fused-ring (bicyclic) bond motifs is 3. The Hall–Kier alpha value is -3.02. The van der Waals surface area contributed by atoms with E-state index >= 15 is 0 Å². The first-order valence-electron chi connectivity index (χ1n) is 10.8. The SMILES string of the molecule is C1=CCC(c2cccc3c2[cH-]c2ccccc23)=C1.[Zr+2].c1ccc([CH-]c2ccccc2)cc1. The van der Waals surface area contributed by atoms with Crippen molar-refractivity contribution in [2.75, 3.05) is 0 Å². The van der Waals surface area contributed by atoms with Gasteiger partial charge >= 0.3 is 26.2 Å². The maximum absolute atomic E-state index is 2.32. The fourth-order valence-electron chi connectivity index (χ4n) is 4.20. The summed E-state index contributed by atoms with van der Waals surface area (Å²) < 4.78 is 0. The van der Waals surface area contributed by atoms with E-state index < -0.39 is 0 Å². The molecule has 0 unspecified atom stereocenters. The molecule has 1 heteroatoms. The third kappa shape index (κ3) is 4.90. The fourth-order valence-corrected chi connectivity index (χ4v) is 4.20. The van der Waals surface area contributed by atoms with Crippen molar-refractivity contribution in [2.45, 2.75) is 6.42 Å². The number of benzene rings is 4. The van der Waals surface area contributed by atoms with Gasteiger partial charge in [-0.2, -0.15) is 0 Å². The summed E-state index contributed by atoms with van der Waals surface area (Å²) in [7, 11) is 0. The molecule has 32 heavy (non-hydrogen) atoms. The second kappa shape index (κ2) is 10.5. The van der Waals surface area contributed by atoms with E-state index in [0.717, 1.165) is 6.42 Å². The Morgan fingerprint density at radius 3 is 1.91 bits per heavy atom. The molecule has 0 heterocycles. The second-order valence-corrected chi connectivity index (χ2v) is 7.79. The minimum absolute atomic E-state index is 0. The summed E-state index contributed by atoms with van der Waals surface area (Å²) in [5, 5.41) is 5.46. The summed E-state index contributed by atoms with van der Waals surface area (Å²) in [5.74, 6) is 0. The maximum atomic E-state index is 2.32. The van der Waals surface area contributed by atoms with Crippen LogP contribution in [0.2, 0.25) is 0 Å². The van der Waals surface area contributed by atoms with Crippen molar-refractivity contribution in [3.05, 3.63) is 151 Å². The van der Waals surface area contributed by atoms with Crippen LogP contribution in [-0.4, -0.2) is 0 Å². The van der Waals surface area contributed by atoms with Crippen molar-refractivity contribution in [2.24, 2.45) is 0 Å². The van der Waals surface area contributed by atoms with E-state index in [1.807, 2.05) is 12.1 Å². The number of rotatable bonds is 3. The molecule has 6 rings (SSSR count). The van der Waals surface area contributed by atoms with Crippen LogP contribution in [0.1, 0.15) is 23.1 Å². The Labute approximate surface area is 209 Å². The molecule has 1 aliphatic rings. The van der Waals surface area contributed by atoms with Crippen LogP contribution in [0.25, 0.3) is 27.1 Å². The molecular weight excluding hydrogens is 464 g/mol. The molecule has 0 nitrogen and oxygen atoms in total. The molecule has 5 aromatic rings. The van der Waals surface area contributed by atoms with Crippen molar-refractivity contribution in [1.29, 1.82) is 0 Å². The molecule has 0 amide bonds. The minimum atomic E-state index is 0. The fraction of sp³-hybridized carbons (Fsp3) is 0.0323. The number of hydrogen-bond donors (Lipinski definition) is 0. The van der Waals surface area contributed by atoms with Gasteiger partial charge in [-0.3, -0.25) is 0 Å². The van der Waals surface area contributed by atoms with Gasteiger partial charge in [-0.15, -0.1) is 75.5 Å². The van der Waals surface area contributed by atoms with Crippen molar-refractivity contribution in [1.82, 2.24) is 0 Å². The minimum Gasteiger partial charge on any atom is -0.126 e. The van der Waals surface area contributed by atoms with E-state index in [4.69, 9.17) is 0 Å². The van der Waals surface area contributed by atoms with Crippen LogP contribution in [0.4, 0.5) is 0 Å². The van der Waals surface area contributed by atoms with Gasteiger partial charge in [-0.25, -0.2) is 0 Å². The summed E-state index contributed by atoms with van der Waals surface area (Å²) in [6.07, 6.45) is 9.82. The van der Waals surface area contributed by atoms with E-state index in [2.05, 4.69) is 122 Å². The number of hydrogen-bond acceptors (Lipinski definition) is 0. The van der Waals surface area contributed by atoms with Gasteiger partial charge in [-0.1, -0.05) is 102 Å². The standard InChI is InChI=1S/C18H13.C13H11.Zr/c1-2-7-13(6-1)15-10-5-11-17-16-9-4-3-8-14(16)12-18(15)17;1-3-7-12(8-4-1)11-13-9-5-2-6-10-13;/h1-6,8-12H,7H2;1-11H;/q2*-1;+2. The Balaban J connectivity index is 0.000000157. The zero-order chi connectivity index (χ0) is 20.9. The summed E-state index contributed by atoms with van der Waals surface area (Å²) in [4.78, 5) is 0. The van der Waals surface area contributed by atoms with E-state index in [0.29, 0.717) is 0 Å². The molecule has 1 aliphatic carbocycles. The summed E-state index contributed by atoms with van der Waals surface area (Å²) >= 11 is 0. The zero-order valence-electron chi connectivity index (χ0n) is 17.9. The largest absolute Gasteiger partial charge is 2.00 e. The molecule has 0 saturated carbocycles. The van der Waals surface area contributed by atoms with Gasteiger partial charge in [0.15, 0.2) is 0 Å². The van der Waals surface area contributed by atoms with Crippen molar-refractivity contribution in [3.63, 3.8) is 0 Å². The predicted octanol–water partition coefficient (Wildman–Crippen LogP) is 8.34. The van der Waals surface area contributed by atoms with Crippen LogP contribution in [0.15, 0.2) is 127 Å². The molecule has 152 valence electrons. The van der Waals surface area contributed by atoms with Gasteiger partial charge in [0.25, 0.3) is 0 Å². The molecule has 0 bridgehead atoms. The smallest absolute Gasteiger partial charge is 0.126 e. The summed E-state index contributed by atoms with van der Waals surface area (Å²) in [6.45, 7) is 0. The third-order valence-electron chi connectivity index (χ3n) is 5.71. The molecule has 0 aromatic heterocycles. The van der Waals surface area contributed by atoms with Crippen LogP contribution in [-0.2, 0) is 26.2 Å². The molecule has 0 spiro atoms.